The van der Waals surface area contributed by atoms with E-state index in [2.05, 4.69) is 32.4 Å². The molecule has 9 heteroatoms. The maximum Gasteiger partial charge on any atom is 0.418 e. The van der Waals surface area contributed by atoms with Gasteiger partial charge in [-0.05, 0) is 51.1 Å². The smallest absolute Gasteiger partial charge is 0.418 e. The first-order valence-electron chi connectivity index (χ1n) is 8.30. The second kappa shape index (κ2) is 7.06. The number of likely N-dealkylation sites (tertiary alicyclic amines) is 1. The number of alkyl halides is 3. The van der Waals surface area contributed by atoms with Gasteiger partial charge in [-0.15, -0.1) is 10.2 Å². The average molecular weight is 367 g/mol. The topological polar surface area (TPSA) is 74.2 Å². The van der Waals surface area contributed by atoms with Crippen LogP contribution in [0.5, 0.6) is 5.75 Å². The van der Waals surface area contributed by atoms with E-state index in [9.17, 15) is 18.3 Å². The second-order valence-electron chi connectivity index (χ2n) is 6.60. The Labute approximate surface area is 149 Å². The van der Waals surface area contributed by atoms with Gasteiger partial charge in [-0.1, -0.05) is 0 Å². The van der Waals surface area contributed by atoms with Crippen molar-refractivity contribution in [1.82, 2.24) is 20.1 Å². The Morgan fingerprint density at radius 1 is 1.23 bits per heavy atom. The summed E-state index contributed by atoms with van der Waals surface area (Å²) in [6.07, 6.45) is -1.75. The molecule has 6 nitrogen and oxygen atoms in total. The van der Waals surface area contributed by atoms with Gasteiger partial charge in [-0.2, -0.15) is 13.2 Å². The van der Waals surface area contributed by atoms with E-state index in [1.54, 1.807) is 13.0 Å². The van der Waals surface area contributed by atoms with Gasteiger partial charge < -0.3 is 15.3 Å². The van der Waals surface area contributed by atoms with E-state index in [0.29, 0.717) is 23.6 Å². The van der Waals surface area contributed by atoms with Gasteiger partial charge >= 0.3 is 6.18 Å². The number of pyridine rings is 1. The Balaban J connectivity index is 1.81. The highest BCUT2D eigenvalue weighted by atomic mass is 19.4. The van der Waals surface area contributed by atoms with Crippen molar-refractivity contribution in [2.75, 3.05) is 25.5 Å². The van der Waals surface area contributed by atoms with Crippen LogP contribution in [0, 0.1) is 6.92 Å². The van der Waals surface area contributed by atoms with Crippen molar-refractivity contribution >= 4 is 5.82 Å². The summed E-state index contributed by atoms with van der Waals surface area (Å²) in [5.41, 5.74) is -0.118. The largest absolute Gasteiger partial charge is 0.506 e. The molecule has 0 saturated carbocycles. The van der Waals surface area contributed by atoms with Crippen molar-refractivity contribution in [3.63, 3.8) is 0 Å². The van der Waals surface area contributed by atoms with Gasteiger partial charge in [0.25, 0.3) is 0 Å². The number of rotatable bonds is 3. The fraction of sp³-hybridized carbons (Fsp3) is 0.471. The number of aromatic hydroxyl groups is 1. The number of halogens is 3. The number of likely N-dealkylation sites (N-methyl/N-ethyl adjacent to an activating group) is 1. The van der Waals surface area contributed by atoms with Gasteiger partial charge in [-0.3, -0.25) is 0 Å². The summed E-state index contributed by atoms with van der Waals surface area (Å²) in [6, 6.07) is 2.68. The highest BCUT2D eigenvalue weighted by molar-refractivity contribution is 5.66. The van der Waals surface area contributed by atoms with Gasteiger partial charge in [0.05, 0.1) is 5.56 Å². The molecule has 0 aliphatic carbocycles. The average Bonchev–Trinajstić information content (AvgIpc) is 2.55. The maximum absolute atomic E-state index is 12.7. The third-order valence-electron chi connectivity index (χ3n) is 4.38. The Morgan fingerprint density at radius 3 is 2.62 bits per heavy atom. The van der Waals surface area contributed by atoms with Crippen LogP contribution >= 0.6 is 0 Å². The Morgan fingerprint density at radius 2 is 2.00 bits per heavy atom. The summed E-state index contributed by atoms with van der Waals surface area (Å²) in [7, 11) is 2.06. The molecule has 0 bridgehead atoms. The quantitative estimate of drug-likeness (QED) is 0.869. The summed E-state index contributed by atoms with van der Waals surface area (Å²) >= 11 is 0. The van der Waals surface area contributed by atoms with E-state index in [4.69, 9.17) is 0 Å². The van der Waals surface area contributed by atoms with Gasteiger partial charge in [0, 0.05) is 18.8 Å². The number of piperidine rings is 1. The van der Waals surface area contributed by atoms with Crippen LogP contribution in [-0.4, -0.2) is 51.4 Å². The summed E-state index contributed by atoms with van der Waals surface area (Å²) < 4.78 is 38.1. The molecule has 1 atom stereocenters. The number of hydrogen-bond donors (Lipinski definition) is 2. The Bertz CT molecular complexity index is 796. The lowest BCUT2D eigenvalue weighted by atomic mass is 10.1. The third kappa shape index (κ3) is 4.04. The number of hydrogen-bond acceptors (Lipinski definition) is 6. The van der Waals surface area contributed by atoms with Crippen LogP contribution in [0.3, 0.4) is 0 Å². The lowest BCUT2D eigenvalue weighted by Gasteiger charge is -2.30. The first-order chi connectivity index (χ1) is 12.2. The molecule has 0 radical (unpaired) electrons. The SMILES string of the molecule is Cc1cc(NC2CCCN(C)C2)nnc1-c1ncc(C(F)(F)F)cc1O. The standard InChI is InChI=1S/C17H20F3N5O/c1-10-6-14(22-12-4-3-5-25(2)9-12)23-24-15(10)16-13(26)7-11(8-21-16)17(18,19)20/h6-8,12,26H,3-5,9H2,1-2H3,(H,22,23). The Kier molecular flexibility index (Phi) is 4.99. The van der Waals surface area contributed by atoms with Gasteiger partial charge in [-0.25, -0.2) is 4.98 Å². The van der Waals surface area contributed by atoms with Crippen molar-refractivity contribution in [3.05, 3.63) is 29.5 Å². The van der Waals surface area contributed by atoms with Crippen LogP contribution in [0.2, 0.25) is 0 Å². The lowest BCUT2D eigenvalue weighted by molar-refractivity contribution is -0.137. The van der Waals surface area contributed by atoms with Crippen molar-refractivity contribution in [3.8, 4) is 17.1 Å². The van der Waals surface area contributed by atoms with Crippen LogP contribution in [0.15, 0.2) is 18.3 Å². The molecule has 1 unspecified atom stereocenters. The zero-order valence-electron chi connectivity index (χ0n) is 14.5. The van der Waals surface area contributed by atoms with Gasteiger partial charge in [0.15, 0.2) is 0 Å². The van der Waals surface area contributed by atoms with Crippen molar-refractivity contribution in [2.24, 2.45) is 0 Å². The van der Waals surface area contributed by atoms with E-state index < -0.39 is 17.5 Å². The van der Waals surface area contributed by atoms with Crippen molar-refractivity contribution < 1.29 is 18.3 Å². The zero-order chi connectivity index (χ0) is 18.9. The first-order valence-corrected chi connectivity index (χ1v) is 8.30. The fourth-order valence-electron chi connectivity index (χ4n) is 3.07. The fourth-order valence-corrected chi connectivity index (χ4v) is 3.07. The predicted octanol–water partition coefficient (Wildman–Crippen LogP) is 3.08. The van der Waals surface area contributed by atoms with E-state index >= 15 is 0 Å². The molecule has 3 rings (SSSR count). The molecule has 3 heterocycles. The number of anilines is 1. The molecule has 26 heavy (non-hydrogen) atoms. The summed E-state index contributed by atoms with van der Waals surface area (Å²) in [4.78, 5) is 5.97. The molecule has 140 valence electrons. The van der Waals surface area contributed by atoms with Crippen LogP contribution in [-0.2, 0) is 6.18 Å². The predicted molar refractivity (Wildman–Crippen MR) is 90.8 cm³/mol. The summed E-state index contributed by atoms with van der Waals surface area (Å²) in [5.74, 6) is 0.0183. The lowest BCUT2D eigenvalue weighted by Crippen LogP contribution is -2.39. The molecular weight excluding hydrogens is 347 g/mol. The maximum atomic E-state index is 12.7. The second-order valence-corrected chi connectivity index (χ2v) is 6.60. The normalized spacial score (nSPS) is 18.7. The third-order valence-corrected chi connectivity index (χ3v) is 4.38. The molecular formula is C17H20F3N5O. The minimum absolute atomic E-state index is 0.0213. The molecule has 1 fully saturated rings. The number of nitrogens with zero attached hydrogens (tertiary/aromatic N) is 4. The van der Waals surface area contributed by atoms with E-state index in [-0.39, 0.29) is 17.4 Å². The van der Waals surface area contributed by atoms with Crippen LogP contribution < -0.4 is 5.32 Å². The monoisotopic (exact) mass is 367 g/mol. The highest BCUT2D eigenvalue weighted by Gasteiger charge is 2.32. The summed E-state index contributed by atoms with van der Waals surface area (Å²) in [5, 5.41) is 21.4. The van der Waals surface area contributed by atoms with E-state index in [1.807, 2.05) is 0 Å². The number of nitrogens with one attached hydrogen (secondary N) is 1. The van der Waals surface area contributed by atoms with E-state index in [0.717, 1.165) is 25.9 Å². The first kappa shape index (κ1) is 18.4. The van der Waals surface area contributed by atoms with Crippen molar-refractivity contribution in [2.45, 2.75) is 32.0 Å². The molecule has 0 aromatic carbocycles. The number of aryl methyl sites for hydroxylation is 1. The minimum atomic E-state index is -4.56. The highest BCUT2D eigenvalue weighted by Crippen LogP contribution is 2.35. The molecule has 2 N–H and O–H groups in total. The molecule has 2 aromatic rings. The molecule has 1 aliphatic heterocycles. The zero-order valence-corrected chi connectivity index (χ0v) is 14.5. The van der Waals surface area contributed by atoms with Crippen LogP contribution in [0.4, 0.5) is 19.0 Å². The summed E-state index contributed by atoms with van der Waals surface area (Å²) in [6.45, 7) is 3.73. The van der Waals surface area contributed by atoms with Gasteiger partial charge in [0.1, 0.15) is 23.0 Å². The van der Waals surface area contributed by atoms with Crippen LogP contribution in [0.1, 0.15) is 24.0 Å². The van der Waals surface area contributed by atoms with Crippen LogP contribution in [0.25, 0.3) is 11.4 Å². The molecule has 0 spiro atoms. The van der Waals surface area contributed by atoms with E-state index in [1.165, 1.54) is 0 Å². The molecule has 0 amide bonds. The minimum Gasteiger partial charge on any atom is -0.506 e. The van der Waals surface area contributed by atoms with Gasteiger partial charge in [0.2, 0.25) is 0 Å². The molecule has 1 saturated heterocycles. The Hall–Kier alpha value is -2.42. The van der Waals surface area contributed by atoms with Crippen molar-refractivity contribution in [1.29, 1.82) is 0 Å². The molecule has 1 aliphatic rings. The number of aromatic nitrogens is 3. The molecule has 2 aromatic heterocycles.